The summed E-state index contributed by atoms with van der Waals surface area (Å²) in [5.41, 5.74) is 6.52. The number of rotatable bonds is 2. The normalized spacial score (nSPS) is 8.90. The Balaban J connectivity index is 2.98. The van der Waals surface area contributed by atoms with Crippen LogP contribution in [0.1, 0.15) is 0 Å². The first kappa shape index (κ1) is 6.70. The van der Waals surface area contributed by atoms with Gasteiger partial charge in [-0.05, 0) is 12.1 Å². The molecule has 0 radical (unpaired) electrons. The van der Waals surface area contributed by atoms with E-state index in [-0.39, 0.29) is 0 Å². The number of nitrogens with two attached hydrogens (primary N) is 1. The first-order valence-corrected chi connectivity index (χ1v) is 2.67. The predicted molar refractivity (Wildman–Crippen MR) is 36.8 cm³/mol. The molecule has 0 saturated carbocycles. The number of hydrogen-bond acceptors (Lipinski definition) is 3. The van der Waals surface area contributed by atoms with Crippen molar-refractivity contribution in [1.82, 2.24) is 0 Å². The van der Waals surface area contributed by atoms with Gasteiger partial charge < -0.3 is 4.84 Å². The highest BCUT2D eigenvalue weighted by Crippen LogP contribution is 2.18. The van der Waals surface area contributed by atoms with Crippen molar-refractivity contribution in [3.63, 3.8) is 0 Å². The zero-order chi connectivity index (χ0) is 7.40. The van der Waals surface area contributed by atoms with Crippen molar-refractivity contribution in [3.05, 3.63) is 28.8 Å². The summed E-state index contributed by atoms with van der Waals surface area (Å²) in [7, 11) is 0. The van der Waals surface area contributed by atoms with E-state index in [0.717, 1.165) is 0 Å². The highest BCUT2D eigenvalue weighted by atomic mass is 16.6. The summed E-state index contributed by atoms with van der Waals surface area (Å²) in [6.07, 6.45) is 0. The van der Waals surface area contributed by atoms with Gasteiger partial charge in [0, 0.05) is 6.07 Å². The Bertz CT molecular complexity index is 237. The molecule has 3 N–H and O–H groups in total. The zero-order valence-electron chi connectivity index (χ0n) is 5.20. The lowest BCUT2D eigenvalue weighted by Gasteiger charge is -1.91. The smallest absolute Gasteiger partial charge is 0.402 e. The molecular formula is C6H7N2O2+. The van der Waals surface area contributed by atoms with Gasteiger partial charge in [0.25, 0.3) is 0 Å². The van der Waals surface area contributed by atoms with Gasteiger partial charge in [-0.3, -0.25) is 0 Å². The first-order chi connectivity index (χ1) is 4.86. The van der Waals surface area contributed by atoms with Crippen molar-refractivity contribution in [2.24, 2.45) is 5.90 Å². The molecule has 0 amide bonds. The molecule has 0 unspecified atom stereocenters. The number of nitroso groups, excluding NO2 is 1. The molecule has 0 saturated heterocycles. The summed E-state index contributed by atoms with van der Waals surface area (Å²) >= 11 is 0. The molecule has 0 atom stereocenters. The molecule has 0 aromatic heterocycles. The van der Waals surface area contributed by atoms with Crippen molar-refractivity contribution < 1.29 is 4.84 Å². The summed E-state index contributed by atoms with van der Waals surface area (Å²) in [5.74, 6) is 5.74. The molecule has 1 aromatic rings. The molecule has 10 heavy (non-hydrogen) atoms. The third-order valence-electron chi connectivity index (χ3n) is 1.06. The topological polar surface area (TPSA) is 70.4 Å². The minimum atomic E-state index is 0.406. The molecule has 4 heteroatoms. The van der Waals surface area contributed by atoms with Crippen molar-refractivity contribution in [2.75, 3.05) is 0 Å². The van der Waals surface area contributed by atoms with Crippen LogP contribution in [0.5, 0.6) is 11.5 Å². The van der Waals surface area contributed by atoms with Crippen molar-refractivity contribution in [1.29, 1.82) is 5.59 Å². The molecule has 1 aromatic carbocycles. The third kappa shape index (κ3) is 1.29. The minimum absolute atomic E-state index is 0.406. The Kier molecular flexibility index (Phi) is 1.96. The highest BCUT2D eigenvalue weighted by Gasteiger charge is 2.02. The van der Waals surface area contributed by atoms with Crippen LogP contribution in [0.2, 0.25) is 0 Å². The molecule has 4 nitrogen and oxygen atoms in total. The van der Waals surface area contributed by atoms with Gasteiger partial charge in [0.15, 0.2) is 5.75 Å². The lowest BCUT2D eigenvalue weighted by atomic mass is 10.3. The Morgan fingerprint density at radius 2 is 2.30 bits per heavy atom. The summed E-state index contributed by atoms with van der Waals surface area (Å²) in [4.78, 5) is 4.39. The fourth-order valence-corrected chi connectivity index (χ4v) is 0.611. The van der Waals surface area contributed by atoms with Gasteiger partial charge in [-0.1, -0.05) is 4.54 Å². The van der Waals surface area contributed by atoms with Crippen LogP contribution in [-0.2, 0) is 0 Å². The van der Waals surface area contributed by atoms with E-state index in [9.17, 15) is 0 Å². The van der Waals surface area contributed by atoms with E-state index in [0.29, 0.717) is 11.5 Å². The van der Waals surface area contributed by atoms with Crippen LogP contribution < -0.4 is 10.7 Å². The molecule has 0 aliphatic heterocycles. The van der Waals surface area contributed by atoms with Gasteiger partial charge in [-0.15, -0.1) is 0 Å². The summed E-state index contributed by atoms with van der Waals surface area (Å²) in [5, 5.41) is 0. The van der Waals surface area contributed by atoms with Gasteiger partial charge in [0.1, 0.15) is 5.59 Å². The lowest BCUT2D eigenvalue weighted by Crippen LogP contribution is -2.00. The quantitative estimate of drug-likeness (QED) is 0.481. The third-order valence-corrected chi connectivity index (χ3v) is 1.06. The predicted octanol–water partition coefficient (Wildman–Crippen LogP) is 1.53. The Morgan fingerprint density at radius 1 is 1.50 bits per heavy atom. The van der Waals surface area contributed by atoms with Crippen molar-refractivity contribution >= 4 is 0 Å². The van der Waals surface area contributed by atoms with E-state index >= 15 is 0 Å². The zero-order valence-corrected chi connectivity index (χ0v) is 5.20. The van der Waals surface area contributed by atoms with Crippen LogP contribution >= 0.6 is 0 Å². The molecule has 0 fully saturated rings. The fraction of sp³-hybridized carbons (Fsp3) is 0. The standard InChI is InChI=1S/C6H7N2O2/c7-9-5-2-1-3-6(4-5)10-8/h1-4,7H,8H2/q+1. The van der Waals surface area contributed by atoms with Crippen LogP contribution in [0, 0.1) is 10.1 Å². The maximum atomic E-state index is 6.52. The molecular weight excluding hydrogens is 132 g/mol. The molecule has 0 bridgehead atoms. The summed E-state index contributed by atoms with van der Waals surface area (Å²) < 4.78 is 4.17. The van der Waals surface area contributed by atoms with Gasteiger partial charge in [0.2, 0.25) is 0 Å². The Morgan fingerprint density at radius 3 is 2.90 bits per heavy atom. The first-order valence-electron chi connectivity index (χ1n) is 2.67. The molecule has 1 rings (SSSR count). The fourth-order valence-electron chi connectivity index (χ4n) is 0.611. The second kappa shape index (κ2) is 2.93. The summed E-state index contributed by atoms with van der Waals surface area (Å²) in [6, 6.07) is 6.51. The van der Waals surface area contributed by atoms with Crippen LogP contribution in [0.25, 0.3) is 0 Å². The average Bonchev–Trinajstić information content (AvgIpc) is 2.05. The van der Waals surface area contributed by atoms with Gasteiger partial charge >= 0.3 is 5.75 Å². The molecule has 0 heterocycles. The number of hydrogen-bond donors (Lipinski definition) is 2. The second-order valence-electron chi connectivity index (χ2n) is 1.69. The SMILES string of the molecule is N=[O+]c1cccc(ON)c1. The largest absolute Gasteiger partial charge is 0.411 e. The van der Waals surface area contributed by atoms with E-state index in [1.165, 1.54) is 6.07 Å². The monoisotopic (exact) mass is 139 g/mol. The van der Waals surface area contributed by atoms with E-state index < -0.39 is 0 Å². The molecule has 52 valence electrons. The summed E-state index contributed by atoms with van der Waals surface area (Å²) in [6.45, 7) is 0. The van der Waals surface area contributed by atoms with E-state index in [1.807, 2.05) is 0 Å². The minimum Gasteiger partial charge on any atom is -0.411 e. The van der Waals surface area contributed by atoms with Crippen LogP contribution in [0.4, 0.5) is 0 Å². The van der Waals surface area contributed by atoms with Gasteiger partial charge in [-0.2, -0.15) is 5.90 Å². The van der Waals surface area contributed by atoms with Crippen LogP contribution in [-0.4, -0.2) is 0 Å². The van der Waals surface area contributed by atoms with Crippen LogP contribution in [0.15, 0.2) is 24.3 Å². The molecule has 0 spiro atoms. The Labute approximate surface area is 57.6 Å². The van der Waals surface area contributed by atoms with E-state index in [2.05, 4.69) is 9.37 Å². The maximum absolute atomic E-state index is 6.52. The average molecular weight is 139 g/mol. The molecule has 0 aliphatic carbocycles. The lowest BCUT2D eigenvalue weighted by molar-refractivity contribution is 0.334. The van der Waals surface area contributed by atoms with Crippen molar-refractivity contribution in [2.45, 2.75) is 0 Å². The second-order valence-corrected chi connectivity index (χ2v) is 1.69. The molecule has 0 aliphatic rings. The van der Waals surface area contributed by atoms with Crippen LogP contribution in [0.3, 0.4) is 0 Å². The highest BCUT2D eigenvalue weighted by molar-refractivity contribution is 5.40. The maximum Gasteiger partial charge on any atom is 0.402 e. The van der Waals surface area contributed by atoms with E-state index in [4.69, 9.17) is 11.5 Å². The van der Waals surface area contributed by atoms with E-state index in [1.54, 1.807) is 18.2 Å². The number of nitrogens with one attached hydrogen (secondary N) is 1. The van der Waals surface area contributed by atoms with Crippen molar-refractivity contribution in [3.8, 4) is 11.5 Å². The van der Waals surface area contributed by atoms with Gasteiger partial charge in [0.05, 0.1) is 6.07 Å². The van der Waals surface area contributed by atoms with Gasteiger partial charge in [-0.25, -0.2) is 0 Å². The Hall–Kier alpha value is -1.42. The number of benzene rings is 1.